The first-order chi connectivity index (χ1) is 5.22. The van der Waals surface area contributed by atoms with E-state index in [9.17, 15) is 0 Å². The Morgan fingerprint density at radius 2 is 2.36 bits per heavy atom. The first-order valence-electron chi connectivity index (χ1n) is 3.50. The van der Waals surface area contributed by atoms with Gasteiger partial charge in [-0.3, -0.25) is 0 Å². The molecule has 2 N–H and O–H groups in total. The smallest absolute Gasteiger partial charge is 0.120 e. The van der Waals surface area contributed by atoms with Crippen molar-refractivity contribution in [1.82, 2.24) is 14.9 Å². The van der Waals surface area contributed by atoms with Crippen LogP contribution in [-0.4, -0.2) is 34.1 Å². The molecule has 0 fully saturated rings. The molecule has 4 nitrogen and oxygen atoms in total. The molecule has 0 unspecified atom stereocenters. The Morgan fingerprint density at radius 1 is 1.64 bits per heavy atom. The lowest BCUT2D eigenvalue weighted by molar-refractivity contribution is 0.277. The second-order valence-corrected chi connectivity index (χ2v) is 2.75. The minimum atomic E-state index is 0.0282. The third-order valence-corrected chi connectivity index (χ3v) is 1.32. The number of H-pyrrole nitrogens is 1. The Bertz CT molecular complexity index is 219. The fourth-order valence-corrected chi connectivity index (χ4v) is 0.866. The van der Waals surface area contributed by atoms with E-state index in [2.05, 4.69) is 9.97 Å². The number of hydrogen-bond donors (Lipinski definition) is 2. The maximum Gasteiger partial charge on any atom is 0.120 e. The molecule has 11 heavy (non-hydrogen) atoms. The van der Waals surface area contributed by atoms with Gasteiger partial charge in [-0.2, -0.15) is 0 Å². The van der Waals surface area contributed by atoms with Gasteiger partial charge < -0.3 is 15.0 Å². The number of aliphatic hydroxyl groups excluding tert-OH is 1. The molecule has 1 rings (SSSR count). The SMILES string of the molecule is CN(C)Cc1ncc(CO)[nH]1. The number of aromatic nitrogens is 2. The first kappa shape index (κ1) is 8.23. The predicted molar refractivity (Wildman–Crippen MR) is 41.9 cm³/mol. The van der Waals surface area contributed by atoms with Crippen LogP contribution in [0.3, 0.4) is 0 Å². The van der Waals surface area contributed by atoms with E-state index in [1.165, 1.54) is 0 Å². The van der Waals surface area contributed by atoms with Crippen molar-refractivity contribution in [2.75, 3.05) is 14.1 Å². The Balaban J connectivity index is 2.58. The Morgan fingerprint density at radius 3 is 2.82 bits per heavy atom. The molecule has 0 atom stereocenters. The van der Waals surface area contributed by atoms with Crippen LogP contribution >= 0.6 is 0 Å². The van der Waals surface area contributed by atoms with Crippen LogP contribution in [0.25, 0.3) is 0 Å². The van der Waals surface area contributed by atoms with E-state index < -0.39 is 0 Å². The summed E-state index contributed by atoms with van der Waals surface area (Å²) >= 11 is 0. The molecule has 0 bridgehead atoms. The largest absolute Gasteiger partial charge is 0.390 e. The normalized spacial score (nSPS) is 10.9. The van der Waals surface area contributed by atoms with Crippen LogP contribution in [0.2, 0.25) is 0 Å². The lowest BCUT2D eigenvalue weighted by Crippen LogP contribution is -2.11. The topological polar surface area (TPSA) is 52.1 Å². The van der Waals surface area contributed by atoms with Crippen molar-refractivity contribution in [2.45, 2.75) is 13.2 Å². The van der Waals surface area contributed by atoms with Crippen molar-refractivity contribution in [2.24, 2.45) is 0 Å². The average Bonchev–Trinajstić information content (AvgIpc) is 2.34. The quantitative estimate of drug-likeness (QED) is 0.644. The number of aromatic amines is 1. The zero-order chi connectivity index (χ0) is 8.27. The summed E-state index contributed by atoms with van der Waals surface area (Å²) < 4.78 is 0. The second kappa shape index (κ2) is 3.50. The van der Waals surface area contributed by atoms with Crippen LogP contribution < -0.4 is 0 Å². The highest BCUT2D eigenvalue weighted by atomic mass is 16.3. The van der Waals surface area contributed by atoms with Crippen LogP contribution in [0.5, 0.6) is 0 Å². The van der Waals surface area contributed by atoms with Gasteiger partial charge in [-0.25, -0.2) is 4.98 Å². The van der Waals surface area contributed by atoms with Gasteiger partial charge in [0.2, 0.25) is 0 Å². The van der Waals surface area contributed by atoms with E-state index >= 15 is 0 Å². The van der Waals surface area contributed by atoms with E-state index in [1.54, 1.807) is 6.20 Å². The number of hydrogen-bond acceptors (Lipinski definition) is 3. The number of aliphatic hydroxyl groups is 1. The molecule has 0 aliphatic rings. The molecule has 4 heteroatoms. The minimum absolute atomic E-state index is 0.0282. The molecule has 0 radical (unpaired) electrons. The van der Waals surface area contributed by atoms with Crippen molar-refractivity contribution in [3.05, 3.63) is 17.7 Å². The highest BCUT2D eigenvalue weighted by molar-refractivity contribution is 4.99. The van der Waals surface area contributed by atoms with E-state index in [1.807, 2.05) is 19.0 Å². The molecule has 0 spiro atoms. The molecule has 1 heterocycles. The number of imidazole rings is 1. The summed E-state index contributed by atoms with van der Waals surface area (Å²) in [5.41, 5.74) is 0.766. The molecular weight excluding hydrogens is 142 g/mol. The van der Waals surface area contributed by atoms with Gasteiger partial charge in [0, 0.05) is 0 Å². The van der Waals surface area contributed by atoms with Crippen molar-refractivity contribution in [3.8, 4) is 0 Å². The van der Waals surface area contributed by atoms with Gasteiger partial charge >= 0.3 is 0 Å². The lowest BCUT2D eigenvalue weighted by Gasteiger charge is -2.05. The molecule has 1 aromatic heterocycles. The van der Waals surface area contributed by atoms with Crippen LogP contribution in [0.15, 0.2) is 6.20 Å². The number of nitrogens with one attached hydrogen (secondary N) is 1. The maximum atomic E-state index is 8.70. The zero-order valence-corrected chi connectivity index (χ0v) is 6.83. The van der Waals surface area contributed by atoms with Crippen molar-refractivity contribution < 1.29 is 5.11 Å². The maximum absolute atomic E-state index is 8.70. The van der Waals surface area contributed by atoms with Gasteiger partial charge in [0.05, 0.1) is 25.0 Å². The molecule has 0 aliphatic carbocycles. The summed E-state index contributed by atoms with van der Waals surface area (Å²) in [6.07, 6.45) is 1.65. The zero-order valence-electron chi connectivity index (χ0n) is 6.83. The molecule has 1 aromatic rings. The van der Waals surface area contributed by atoms with Gasteiger partial charge in [-0.1, -0.05) is 0 Å². The average molecular weight is 155 g/mol. The fourth-order valence-electron chi connectivity index (χ4n) is 0.866. The summed E-state index contributed by atoms with van der Waals surface area (Å²) in [6.45, 7) is 0.806. The van der Waals surface area contributed by atoms with E-state index in [4.69, 9.17) is 5.11 Å². The van der Waals surface area contributed by atoms with Crippen LogP contribution in [0, 0.1) is 0 Å². The van der Waals surface area contributed by atoms with Crippen molar-refractivity contribution >= 4 is 0 Å². The summed E-state index contributed by atoms with van der Waals surface area (Å²) in [5.74, 6) is 0.888. The highest BCUT2D eigenvalue weighted by Gasteiger charge is 1.99. The van der Waals surface area contributed by atoms with Gasteiger partial charge in [-0.05, 0) is 14.1 Å². The summed E-state index contributed by atoms with van der Waals surface area (Å²) in [4.78, 5) is 9.08. The molecule has 0 amide bonds. The molecular formula is C7H13N3O. The van der Waals surface area contributed by atoms with Gasteiger partial charge in [0.1, 0.15) is 5.82 Å². The van der Waals surface area contributed by atoms with E-state index in [0.29, 0.717) is 0 Å². The van der Waals surface area contributed by atoms with Gasteiger partial charge in [-0.15, -0.1) is 0 Å². The van der Waals surface area contributed by atoms with Crippen molar-refractivity contribution in [1.29, 1.82) is 0 Å². The highest BCUT2D eigenvalue weighted by Crippen LogP contribution is 1.98. The summed E-state index contributed by atoms with van der Waals surface area (Å²) in [7, 11) is 3.95. The lowest BCUT2D eigenvalue weighted by atomic mass is 10.5. The van der Waals surface area contributed by atoms with Gasteiger partial charge in [0.25, 0.3) is 0 Å². The molecule has 0 saturated heterocycles. The molecule has 62 valence electrons. The summed E-state index contributed by atoms with van der Waals surface area (Å²) in [5, 5.41) is 8.70. The molecule has 0 aromatic carbocycles. The number of nitrogens with zero attached hydrogens (tertiary/aromatic N) is 2. The Kier molecular flexibility index (Phi) is 2.62. The molecule has 0 aliphatic heterocycles. The van der Waals surface area contributed by atoms with E-state index in [-0.39, 0.29) is 6.61 Å². The van der Waals surface area contributed by atoms with Crippen molar-refractivity contribution in [3.63, 3.8) is 0 Å². The van der Waals surface area contributed by atoms with E-state index in [0.717, 1.165) is 18.1 Å². The minimum Gasteiger partial charge on any atom is -0.390 e. The molecule has 0 saturated carbocycles. The predicted octanol–water partition coefficient (Wildman–Crippen LogP) is -0.0364. The third kappa shape index (κ3) is 2.32. The van der Waals surface area contributed by atoms with Crippen LogP contribution in [0.4, 0.5) is 0 Å². The van der Waals surface area contributed by atoms with Gasteiger partial charge in [0.15, 0.2) is 0 Å². The fraction of sp³-hybridized carbons (Fsp3) is 0.571. The Hall–Kier alpha value is -0.870. The third-order valence-electron chi connectivity index (χ3n) is 1.32. The summed E-state index contributed by atoms with van der Waals surface area (Å²) in [6, 6.07) is 0. The second-order valence-electron chi connectivity index (χ2n) is 2.75. The van der Waals surface area contributed by atoms with Crippen LogP contribution in [-0.2, 0) is 13.2 Å². The van der Waals surface area contributed by atoms with Crippen LogP contribution in [0.1, 0.15) is 11.5 Å². The Labute approximate surface area is 65.9 Å². The standard InChI is InChI=1S/C7H13N3O/c1-10(2)4-7-8-3-6(5-11)9-7/h3,11H,4-5H2,1-2H3,(H,8,9). The number of rotatable bonds is 3. The monoisotopic (exact) mass is 155 g/mol. The first-order valence-corrected chi connectivity index (χ1v) is 3.50.